The minimum Gasteiger partial charge on any atom is -0.450 e. The second-order valence-corrected chi connectivity index (χ2v) is 5.63. The molecule has 0 atom stereocenters. The lowest BCUT2D eigenvalue weighted by Gasteiger charge is -2.14. The van der Waals surface area contributed by atoms with Gasteiger partial charge in [0.05, 0.1) is 12.4 Å². The summed E-state index contributed by atoms with van der Waals surface area (Å²) in [5.41, 5.74) is 4.78. The predicted octanol–water partition coefficient (Wildman–Crippen LogP) is 3.29. The highest BCUT2D eigenvalue weighted by molar-refractivity contribution is 8.00. The van der Waals surface area contributed by atoms with E-state index in [1.807, 2.05) is 13.8 Å². The molecule has 4 nitrogen and oxygen atoms in total. The largest absolute Gasteiger partial charge is 0.450 e. The van der Waals surface area contributed by atoms with Crippen LogP contribution in [0.5, 0.6) is 0 Å². The maximum absolute atomic E-state index is 11.7. The SMILES string of the molecule is CCOC(=O)NC(=O)CSc1c(C)c(C)cc(C)c1C. The van der Waals surface area contributed by atoms with E-state index < -0.39 is 6.09 Å². The Morgan fingerprint density at radius 3 is 2.20 bits per heavy atom. The molecule has 0 fully saturated rings. The number of hydrogen-bond donors (Lipinski definition) is 1. The number of carbonyl (C=O) groups is 2. The van der Waals surface area contributed by atoms with Gasteiger partial charge in [-0.05, 0) is 56.9 Å². The van der Waals surface area contributed by atoms with E-state index in [0.717, 1.165) is 4.90 Å². The first-order chi connectivity index (χ1) is 9.36. The fourth-order valence-corrected chi connectivity index (χ4v) is 2.95. The lowest BCUT2D eigenvalue weighted by atomic mass is 10.0. The van der Waals surface area contributed by atoms with Crippen molar-refractivity contribution in [3.05, 3.63) is 28.3 Å². The number of imide groups is 1. The molecule has 0 aliphatic heterocycles. The molecule has 0 bridgehead atoms. The molecule has 0 aromatic heterocycles. The van der Waals surface area contributed by atoms with Crippen molar-refractivity contribution in [3.63, 3.8) is 0 Å². The number of aryl methyl sites for hydroxylation is 2. The molecule has 20 heavy (non-hydrogen) atoms. The second-order valence-electron chi connectivity index (χ2n) is 4.65. The van der Waals surface area contributed by atoms with Gasteiger partial charge >= 0.3 is 6.09 Å². The zero-order valence-electron chi connectivity index (χ0n) is 12.6. The highest BCUT2D eigenvalue weighted by atomic mass is 32.2. The van der Waals surface area contributed by atoms with Crippen LogP contribution in [0.15, 0.2) is 11.0 Å². The Hall–Kier alpha value is -1.49. The van der Waals surface area contributed by atoms with E-state index in [0.29, 0.717) is 0 Å². The first-order valence-corrected chi connectivity index (χ1v) is 7.52. The van der Waals surface area contributed by atoms with Crippen molar-refractivity contribution in [2.24, 2.45) is 0 Å². The summed E-state index contributed by atoms with van der Waals surface area (Å²) in [6, 6.07) is 2.15. The van der Waals surface area contributed by atoms with Crippen LogP contribution in [0.2, 0.25) is 0 Å². The van der Waals surface area contributed by atoms with Gasteiger partial charge in [0, 0.05) is 4.90 Å². The van der Waals surface area contributed by atoms with Crippen LogP contribution in [0.3, 0.4) is 0 Å². The first kappa shape index (κ1) is 16.6. The van der Waals surface area contributed by atoms with E-state index in [-0.39, 0.29) is 18.3 Å². The first-order valence-electron chi connectivity index (χ1n) is 6.53. The van der Waals surface area contributed by atoms with Gasteiger partial charge in [-0.25, -0.2) is 4.79 Å². The van der Waals surface area contributed by atoms with Crippen LogP contribution in [0.1, 0.15) is 29.2 Å². The third-order valence-electron chi connectivity index (χ3n) is 3.16. The normalized spacial score (nSPS) is 10.2. The van der Waals surface area contributed by atoms with Crippen LogP contribution in [0, 0.1) is 27.7 Å². The van der Waals surface area contributed by atoms with E-state index in [4.69, 9.17) is 0 Å². The van der Waals surface area contributed by atoms with E-state index in [1.54, 1.807) is 6.92 Å². The van der Waals surface area contributed by atoms with Crippen LogP contribution in [-0.4, -0.2) is 24.4 Å². The molecule has 1 aromatic rings. The number of thioether (sulfide) groups is 1. The van der Waals surface area contributed by atoms with E-state index in [2.05, 4.69) is 30.0 Å². The number of rotatable bonds is 4. The van der Waals surface area contributed by atoms with Gasteiger partial charge in [0.1, 0.15) is 0 Å². The molecule has 0 heterocycles. The average molecular weight is 295 g/mol. The molecule has 1 aromatic carbocycles. The molecule has 1 rings (SSSR count). The fourth-order valence-electron chi connectivity index (χ4n) is 1.85. The van der Waals surface area contributed by atoms with Crippen molar-refractivity contribution in [1.82, 2.24) is 5.32 Å². The van der Waals surface area contributed by atoms with Crippen molar-refractivity contribution >= 4 is 23.8 Å². The molecule has 0 spiro atoms. The van der Waals surface area contributed by atoms with Crippen LogP contribution in [0.4, 0.5) is 4.79 Å². The summed E-state index contributed by atoms with van der Waals surface area (Å²) in [6.07, 6.45) is -0.688. The van der Waals surface area contributed by atoms with E-state index in [1.165, 1.54) is 34.0 Å². The molecule has 0 radical (unpaired) electrons. The van der Waals surface area contributed by atoms with Crippen LogP contribution in [-0.2, 0) is 9.53 Å². The number of ether oxygens (including phenoxy) is 1. The summed E-state index contributed by atoms with van der Waals surface area (Å²) in [5, 5.41) is 2.20. The molecule has 0 aliphatic rings. The summed E-state index contributed by atoms with van der Waals surface area (Å²) < 4.78 is 4.67. The van der Waals surface area contributed by atoms with Gasteiger partial charge in [0.15, 0.2) is 0 Å². The zero-order chi connectivity index (χ0) is 15.3. The number of hydrogen-bond acceptors (Lipinski definition) is 4. The molecule has 5 heteroatoms. The van der Waals surface area contributed by atoms with Crippen molar-refractivity contribution in [2.45, 2.75) is 39.5 Å². The Morgan fingerprint density at radius 1 is 1.15 bits per heavy atom. The summed E-state index contributed by atoms with van der Waals surface area (Å²) in [5.74, 6) is -0.143. The second kappa shape index (κ2) is 7.33. The Kier molecular flexibility index (Phi) is 6.07. The Labute approximate surface area is 124 Å². The highest BCUT2D eigenvalue weighted by Gasteiger charge is 2.13. The molecular formula is C15H21NO3S. The smallest absolute Gasteiger partial charge is 0.413 e. The van der Waals surface area contributed by atoms with Crippen molar-refractivity contribution in [2.75, 3.05) is 12.4 Å². The topological polar surface area (TPSA) is 55.4 Å². The molecule has 2 amide bonds. The Bertz CT molecular complexity index is 500. The van der Waals surface area contributed by atoms with Gasteiger partial charge in [0.25, 0.3) is 0 Å². The molecule has 0 saturated carbocycles. The Morgan fingerprint density at radius 2 is 1.70 bits per heavy atom. The number of amides is 2. The van der Waals surface area contributed by atoms with Crippen molar-refractivity contribution in [1.29, 1.82) is 0 Å². The molecule has 0 unspecified atom stereocenters. The maximum atomic E-state index is 11.7. The quantitative estimate of drug-likeness (QED) is 0.866. The number of carbonyl (C=O) groups excluding carboxylic acids is 2. The van der Waals surface area contributed by atoms with Gasteiger partial charge in [-0.15, -0.1) is 11.8 Å². The molecule has 0 saturated heterocycles. The summed E-state index contributed by atoms with van der Waals surface area (Å²) in [6.45, 7) is 10.2. The van der Waals surface area contributed by atoms with E-state index >= 15 is 0 Å². The summed E-state index contributed by atoms with van der Waals surface area (Å²) in [4.78, 5) is 23.9. The number of benzene rings is 1. The lowest BCUT2D eigenvalue weighted by Crippen LogP contribution is -2.32. The molecule has 1 N–H and O–H groups in total. The number of nitrogens with one attached hydrogen (secondary N) is 1. The molecule has 0 aliphatic carbocycles. The van der Waals surface area contributed by atoms with Crippen molar-refractivity contribution < 1.29 is 14.3 Å². The van der Waals surface area contributed by atoms with Crippen molar-refractivity contribution in [3.8, 4) is 0 Å². The summed E-state index contributed by atoms with van der Waals surface area (Å²) >= 11 is 1.45. The minimum absolute atomic E-state index is 0.198. The van der Waals surface area contributed by atoms with Crippen LogP contribution >= 0.6 is 11.8 Å². The fraction of sp³-hybridized carbons (Fsp3) is 0.467. The van der Waals surface area contributed by atoms with Crippen LogP contribution < -0.4 is 5.32 Å². The van der Waals surface area contributed by atoms with Gasteiger partial charge < -0.3 is 4.74 Å². The third-order valence-corrected chi connectivity index (χ3v) is 4.47. The van der Waals surface area contributed by atoms with Gasteiger partial charge in [0.2, 0.25) is 5.91 Å². The third kappa shape index (κ3) is 4.27. The monoisotopic (exact) mass is 295 g/mol. The lowest BCUT2D eigenvalue weighted by molar-refractivity contribution is -0.117. The zero-order valence-corrected chi connectivity index (χ0v) is 13.4. The van der Waals surface area contributed by atoms with E-state index in [9.17, 15) is 9.59 Å². The van der Waals surface area contributed by atoms with Gasteiger partial charge in [-0.1, -0.05) is 6.07 Å². The van der Waals surface area contributed by atoms with Crippen LogP contribution in [0.25, 0.3) is 0 Å². The van der Waals surface area contributed by atoms with Gasteiger partial charge in [-0.2, -0.15) is 0 Å². The highest BCUT2D eigenvalue weighted by Crippen LogP contribution is 2.30. The van der Waals surface area contributed by atoms with Gasteiger partial charge in [-0.3, -0.25) is 10.1 Å². The summed E-state index contributed by atoms with van der Waals surface area (Å²) in [7, 11) is 0. The molecule has 110 valence electrons. The predicted molar refractivity (Wildman–Crippen MR) is 81.3 cm³/mol. The maximum Gasteiger partial charge on any atom is 0.413 e. The molecular weight excluding hydrogens is 274 g/mol. The minimum atomic E-state index is -0.688. The average Bonchev–Trinajstić information content (AvgIpc) is 2.36. The number of alkyl carbamates (subject to hydrolysis) is 1. The standard InChI is InChI=1S/C15H21NO3S/c1-6-19-15(18)16-13(17)8-20-14-11(4)9(2)7-10(3)12(14)5/h7H,6,8H2,1-5H3,(H,16,17,18). The Balaban J connectivity index is 2.71.